The van der Waals surface area contributed by atoms with Gasteiger partial charge in [-0.3, -0.25) is 47.9 Å². The molecule has 2 aliphatic heterocycles. The van der Waals surface area contributed by atoms with Gasteiger partial charge in [-0.05, 0) is 190 Å². The molecule has 1 saturated carbocycles. The predicted molar refractivity (Wildman–Crippen MR) is 555 cm³/mol. The van der Waals surface area contributed by atoms with Crippen molar-refractivity contribution in [2.45, 2.75) is 427 Å². The number of rotatable bonds is 37. The number of nitrogens with one attached hydrogen (secondary N) is 5. The molecule has 2 saturated heterocycles. The number of methoxy groups -OCH3 is 1. The Morgan fingerprint density at radius 3 is 1.15 bits per heavy atom. The molecular weight excluding hydrogens is 1680 g/mol. The average Bonchev–Trinajstić information content (AvgIpc) is 1.71. The average molecular weight is 1890 g/mol. The molecule has 0 bridgehead atoms. The molecule has 784 valence electrons. The molecule has 0 radical (unpaired) electrons. The second kappa shape index (κ2) is 90.1. The standard InChI is InChI=1S/C12H16O2.C11H21NO3.C11H21NO.C10H19NO2.C10H14.C9H20N2O.C9H18O2.C9H20.C8H17NO.C7H14O2.C6H12O2.C5H10O2.2CH4/c1-10(2)8-12(13)14-9-11-6-4-3-5-7-11;1-8(2)5-10(13)12-6-9-7-14-11(3,4)15-9;1-9(2)8-11(13)12-10-6-4-3-5-7-10;1-8(2)7-10(12)11-9-3-5-13-6-4-9;1-9(2)8-10-6-4-3-5-7-10;1-8(2)7-9(12)10-5-6-11(3)4;1-7(2)6-8(10)11-9(3,4)5;1-8(2)6-5-7-9(3)4;1-6(2)5-8(10)9-7(3)4;1-4-9-7(8)5-6(2)3;1-5(2)4-6(7)8-3;1-4(2)3-5(6)7;;/h3-7,10H,8-9H2,1-2H3;8-9H,5-7H2,1-4H3,(H,12,13);9-10H,3-8H2,1-2H3,(H,12,13);8-9H,3-7H2,1-2H3,(H,11,12);3-7,9H,8H2,1-2H3;8H,5-7H2,1-4H3,(H,10,12);7H,6H2,1-5H3;8-9H,5-7H2,1-4H3;6-7H,5H2,1-4H3,(H,9,10);6H,4-5H2,1-3H3;5H,4H2,1-3H3;4H,3H2,1-2H3,(H,6,7);2*1H4. The lowest BCUT2D eigenvalue weighted by atomic mass is 9.95. The maximum absolute atomic E-state index is 11.4. The van der Waals surface area contributed by atoms with E-state index in [9.17, 15) is 47.9 Å². The fourth-order valence-corrected chi connectivity index (χ4v) is 11.7. The normalized spacial score (nSPS) is 13.6. The molecule has 2 aromatic carbocycles. The zero-order valence-corrected chi connectivity index (χ0v) is 90.4. The Kier molecular flexibility index (Phi) is 97.5. The van der Waals surface area contributed by atoms with Gasteiger partial charge in [-0.25, -0.2) is 0 Å². The van der Waals surface area contributed by atoms with Gasteiger partial charge < -0.3 is 69.7 Å². The van der Waals surface area contributed by atoms with Gasteiger partial charge in [0.15, 0.2) is 5.79 Å². The first-order chi connectivity index (χ1) is 60.7. The second-order valence-electron chi connectivity index (χ2n) is 41.8. The van der Waals surface area contributed by atoms with Crippen molar-refractivity contribution in [1.82, 2.24) is 31.5 Å². The summed E-state index contributed by atoms with van der Waals surface area (Å²) in [5, 5.41) is 22.8. The Hall–Kier alpha value is -7.02. The monoisotopic (exact) mass is 1890 g/mol. The van der Waals surface area contributed by atoms with Gasteiger partial charge in [-0.15, -0.1) is 0 Å². The van der Waals surface area contributed by atoms with E-state index in [0.29, 0.717) is 149 Å². The van der Waals surface area contributed by atoms with Crippen LogP contribution in [-0.2, 0) is 94.1 Å². The fourth-order valence-electron chi connectivity index (χ4n) is 11.7. The van der Waals surface area contributed by atoms with Gasteiger partial charge in [0.1, 0.15) is 18.3 Å². The van der Waals surface area contributed by atoms with Crippen molar-refractivity contribution in [3.05, 3.63) is 71.8 Å². The molecule has 5 rings (SSSR count). The molecule has 1 unspecified atom stereocenters. The van der Waals surface area contributed by atoms with Gasteiger partial charge in [0, 0.05) is 115 Å². The Morgan fingerprint density at radius 2 is 0.820 bits per heavy atom. The number of likely N-dealkylation sites (N-methyl/N-ethyl adjacent to an activating group) is 1. The van der Waals surface area contributed by atoms with E-state index in [2.05, 4.69) is 136 Å². The van der Waals surface area contributed by atoms with Crippen LogP contribution >= 0.6 is 0 Å². The SMILES string of the molecule is C.C.CC(C)CC(=O)NC(C)C.CC(C)CC(=O)NC1CCCCC1.CC(C)CC(=O)NC1CCOCC1.CC(C)CC(=O)NCC1COC(C)(C)O1.CC(C)CC(=O)NCCN(C)C.CC(C)CC(=O)O.CC(C)CC(=O)OC(C)(C)C.CC(C)CC(=O)OCc1ccccc1.CC(C)CCCC(C)C.CC(C)Cc1ccccc1.CCOC(=O)CC(C)C.COC(=O)CC(C)C. The molecular formula is C109H210N6O18. The maximum atomic E-state index is 11.4. The number of esters is 4. The van der Waals surface area contributed by atoms with Crippen LogP contribution in [0.15, 0.2) is 60.7 Å². The van der Waals surface area contributed by atoms with Crippen molar-refractivity contribution < 1.29 is 86.2 Å². The number of carbonyl (C=O) groups excluding carboxylic acids is 9. The van der Waals surface area contributed by atoms with Crippen molar-refractivity contribution in [3.8, 4) is 0 Å². The minimum Gasteiger partial charge on any atom is -0.481 e. The summed E-state index contributed by atoms with van der Waals surface area (Å²) in [5.41, 5.74) is 2.13. The molecule has 1 aliphatic carbocycles. The maximum Gasteiger partial charge on any atom is 0.306 e. The van der Waals surface area contributed by atoms with E-state index in [1.54, 1.807) is 0 Å². The first kappa shape index (κ1) is 144. The van der Waals surface area contributed by atoms with Crippen LogP contribution in [0.25, 0.3) is 0 Å². The number of hydrogen-bond acceptors (Lipinski definition) is 18. The molecule has 3 fully saturated rings. The molecule has 133 heavy (non-hydrogen) atoms. The zero-order valence-electron chi connectivity index (χ0n) is 90.4. The van der Waals surface area contributed by atoms with Crippen LogP contribution < -0.4 is 26.6 Å². The van der Waals surface area contributed by atoms with Crippen LogP contribution in [0.3, 0.4) is 0 Å². The van der Waals surface area contributed by atoms with Gasteiger partial charge in [0.2, 0.25) is 29.5 Å². The number of hydrogen-bond donors (Lipinski definition) is 6. The van der Waals surface area contributed by atoms with Gasteiger partial charge in [0.25, 0.3) is 0 Å². The highest BCUT2D eigenvalue weighted by Gasteiger charge is 2.33. The third kappa shape index (κ3) is 123. The van der Waals surface area contributed by atoms with E-state index in [0.717, 1.165) is 62.5 Å². The summed E-state index contributed by atoms with van der Waals surface area (Å²) in [4.78, 5) is 111. The Bertz CT molecular complexity index is 3040. The summed E-state index contributed by atoms with van der Waals surface area (Å²) >= 11 is 0. The van der Waals surface area contributed by atoms with Gasteiger partial charge in [-0.2, -0.15) is 0 Å². The molecule has 2 heterocycles. The summed E-state index contributed by atoms with van der Waals surface area (Å²) in [5.74, 6) is 5.75. The van der Waals surface area contributed by atoms with Crippen molar-refractivity contribution in [3.63, 3.8) is 0 Å². The molecule has 3 aliphatic rings. The Balaban J connectivity index is -0.000000181. The number of carboxylic acids is 1. The molecule has 6 N–H and O–H groups in total. The fraction of sp³-hybridized carbons (Fsp3) is 0.798. The summed E-state index contributed by atoms with van der Waals surface area (Å²) in [7, 11) is 5.40. The Morgan fingerprint density at radius 1 is 0.451 bits per heavy atom. The summed E-state index contributed by atoms with van der Waals surface area (Å²) in [6, 6.07) is 21.4. The molecule has 1 atom stereocenters. The van der Waals surface area contributed by atoms with Crippen LogP contribution in [0.4, 0.5) is 0 Å². The third-order valence-corrected chi connectivity index (χ3v) is 17.6. The van der Waals surface area contributed by atoms with Crippen LogP contribution in [0, 0.1) is 76.9 Å². The highest BCUT2D eigenvalue weighted by atomic mass is 16.7. The highest BCUT2D eigenvalue weighted by molar-refractivity contribution is 5.78. The van der Waals surface area contributed by atoms with Crippen molar-refractivity contribution in [2.75, 3.05) is 67.3 Å². The van der Waals surface area contributed by atoms with Gasteiger partial charge in [-0.1, -0.05) is 294 Å². The minimum atomic E-state index is -0.713. The third-order valence-electron chi connectivity index (χ3n) is 17.6. The summed E-state index contributed by atoms with van der Waals surface area (Å²) in [6.07, 6.45) is 19.1. The molecule has 2 aromatic rings. The molecule has 5 amide bonds. The predicted octanol–water partition coefficient (Wildman–Crippen LogP) is 24.1. The first-order valence-corrected chi connectivity index (χ1v) is 49.5. The van der Waals surface area contributed by atoms with Crippen molar-refractivity contribution in [1.29, 1.82) is 0 Å². The van der Waals surface area contributed by atoms with Crippen molar-refractivity contribution >= 4 is 59.4 Å². The number of benzene rings is 2. The summed E-state index contributed by atoms with van der Waals surface area (Å²) in [6.45, 7) is 74.2. The van der Waals surface area contributed by atoms with Gasteiger partial charge >= 0.3 is 29.8 Å². The lowest BCUT2D eigenvalue weighted by molar-refractivity contribution is -0.156. The van der Waals surface area contributed by atoms with Crippen LogP contribution in [0.1, 0.15) is 390 Å². The van der Waals surface area contributed by atoms with Crippen LogP contribution in [0.2, 0.25) is 0 Å². The van der Waals surface area contributed by atoms with E-state index in [1.165, 1.54) is 70.5 Å². The Labute approximate surface area is 816 Å². The quantitative estimate of drug-likeness (QED) is 0.0270. The second-order valence-corrected chi connectivity index (χ2v) is 41.8. The number of carboxylic acid groups (broad SMARTS) is 1. The number of carbonyl (C=O) groups is 10. The molecule has 24 nitrogen and oxygen atoms in total. The topological polar surface area (TPSA) is 319 Å². The number of aliphatic carboxylic acids is 1. The molecule has 0 spiro atoms. The summed E-state index contributed by atoms with van der Waals surface area (Å²) < 4.78 is 35.5. The van der Waals surface area contributed by atoms with E-state index in [-0.39, 0.29) is 98.4 Å². The zero-order chi connectivity index (χ0) is 102. The number of nitrogens with zero attached hydrogens (tertiary/aromatic N) is 1. The van der Waals surface area contributed by atoms with E-state index in [4.69, 9.17) is 33.5 Å². The van der Waals surface area contributed by atoms with Gasteiger partial charge in [0.05, 0.1) is 20.3 Å². The number of ether oxygens (including phenoxy) is 7. The van der Waals surface area contributed by atoms with Crippen LogP contribution in [-0.4, -0.2) is 172 Å². The van der Waals surface area contributed by atoms with E-state index in [1.807, 2.05) is 211 Å². The molecule has 24 heteroatoms. The molecule has 0 aromatic heterocycles. The van der Waals surface area contributed by atoms with Crippen LogP contribution in [0.5, 0.6) is 0 Å². The lowest BCUT2D eigenvalue weighted by Crippen LogP contribution is -2.39. The number of amides is 5. The largest absolute Gasteiger partial charge is 0.481 e. The van der Waals surface area contributed by atoms with Crippen molar-refractivity contribution in [2.24, 2.45) is 76.9 Å². The first-order valence-electron chi connectivity index (χ1n) is 49.5. The van der Waals surface area contributed by atoms with E-state index >= 15 is 0 Å². The minimum absolute atomic E-state index is 0. The smallest absolute Gasteiger partial charge is 0.306 e. The van der Waals surface area contributed by atoms with E-state index < -0.39 is 11.8 Å². The lowest BCUT2D eigenvalue weighted by Gasteiger charge is -2.23. The highest BCUT2D eigenvalue weighted by Crippen LogP contribution is 2.23.